The number of carbonyl (C=O) groups is 1. The van der Waals surface area contributed by atoms with Gasteiger partial charge in [0.25, 0.3) is 0 Å². The predicted molar refractivity (Wildman–Crippen MR) is 149 cm³/mol. The van der Waals surface area contributed by atoms with E-state index in [1.165, 1.54) is 51.9 Å². The molecule has 5 saturated carbocycles. The summed E-state index contributed by atoms with van der Waals surface area (Å²) in [6.07, 6.45) is 12.2. The summed E-state index contributed by atoms with van der Waals surface area (Å²) in [5, 5.41) is 14.6. The van der Waals surface area contributed by atoms with Gasteiger partial charge in [0, 0.05) is 13.0 Å². The highest BCUT2D eigenvalue weighted by Gasteiger charge is 2.83. The van der Waals surface area contributed by atoms with E-state index in [0.717, 1.165) is 42.9 Å². The molecule has 1 heterocycles. The molecule has 5 unspecified atom stereocenters. The van der Waals surface area contributed by atoms with Crippen LogP contribution < -0.4 is 5.32 Å². The number of carbonyl (C=O) groups excluding carboxylic acids is 1. The first-order valence-electron chi connectivity index (χ1n) is 16.0. The maximum atomic E-state index is 11.9. The maximum absolute atomic E-state index is 11.9. The lowest BCUT2D eigenvalue weighted by Crippen LogP contribution is -2.55. The van der Waals surface area contributed by atoms with E-state index in [2.05, 4.69) is 40.1 Å². The van der Waals surface area contributed by atoms with Crippen LogP contribution in [0.3, 0.4) is 0 Å². The minimum absolute atomic E-state index is 0.221. The molecule has 38 heavy (non-hydrogen) atoms. The Balaban J connectivity index is 1.29. The third kappa shape index (κ3) is 3.43. The molecular weight excluding hydrogens is 474 g/mol. The highest BCUT2D eigenvalue weighted by atomic mass is 16.6. The minimum atomic E-state index is -1.12. The molecule has 0 amide bonds. The summed E-state index contributed by atoms with van der Waals surface area (Å²) in [5.41, 5.74) is 0.635. The number of ether oxygens (including phenoxy) is 2. The molecule has 0 bridgehead atoms. The topological polar surface area (TPSA) is 67.8 Å². The SMILES string of the molecule is CN[C@H]1CC[C@@]23C(CC[C@H]4C5CC6OC([C@H](OC(C)=O)C(C)(C)O)CCC6[C@@]5(C)CCC[C@]42[C@@H]3C)C1(C)C. The number of nitrogens with one attached hydrogen (secondary N) is 1. The number of rotatable bonds is 4. The monoisotopic (exact) mass is 529 g/mol. The third-order valence-electron chi connectivity index (χ3n) is 14.2. The Kier molecular flexibility index (Phi) is 6.28. The van der Waals surface area contributed by atoms with Crippen molar-refractivity contribution >= 4 is 5.97 Å². The molecule has 0 aromatic rings. The normalized spacial score (nSPS) is 51.8. The molecule has 0 aromatic carbocycles. The zero-order valence-corrected chi connectivity index (χ0v) is 25.4. The molecule has 2 spiro atoms. The van der Waals surface area contributed by atoms with E-state index in [4.69, 9.17) is 9.47 Å². The first kappa shape index (κ1) is 27.5. The predicted octanol–water partition coefficient (Wildman–Crippen LogP) is 6.12. The van der Waals surface area contributed by atoms with Gasteiger partial charge in [0.15, 0.2) is 6.10 Å². The Hall–Kier alpha value is -0.650. The molecule has 6 rings (SSSR count). The van der Waals surface area contributed by atoms with E-state index in [0.29, 0.717) is 33.6 Å². The molecule has 1 aliphatic heterocycles. The zero-order valence-electron chi connectivity index (χ0n) is 25.4. The van der Waals surface area contributed by atoms with Gasteiger partial charge >= 0.3 is 5.97 Å². The van der Waals surface area contributed by atoms with Gasteiger partial charge in [-0.05, 0) is 130 Å². The second-order valence-electron chi connectivity index (χ2n) is 16.0. The molecule has 5 heteroatoms. The van der Waals surface area contributed by atoms with Gasteiger partial charge in [0.1, 0.15) is 0 Å². The molecule has 6 aliphatic rings. The molecule has 1 saturated heterocycles. The standard InChI is InChI=1S/C33H55NO4/c1-19-32-16-9-15-31(7)22-10-12-24(28(30(5,6)36)37-20(2)35)38-25(22)18-23(31)21(32)11-13-26-29(3,4)27(34-8)14-17-33(19,26)32/h19,21-28,34,36H,9-18H2,1-8H3/t19-,21-,22?,23?,24?,25?,26?,27-,28-,31+,32-,33+/m0/s1. The number of esters is 1. The van der Waals surface area contributed by atoms with Gasteiger partial charge in [-0.15, -0.1) is 0 Å². The van der Waals surface area contributed by atoms with Gasteiger partial charge in [-0.25, -0.2) is 0 Å². The van der Waals surface area contributed by atoms with Crippen molar-refractivity contribution in [1.82, 2.24) is 5.32 Å². The molecule has 2 N–H and O–H groups in total. The van der Waals surface area contributed by atoms with Gasteiger partial charge in [0.2, 0.25) is 0 Å². The molecule has 0 radical (unpaired) electrons. The van der Waals surface area contributed by atoms with Crippen LogP contribution in [0.15, 0.2) is 0 Å². The summed E-state index contributed by atoms with van der Waals surface area (Å²) in [7, 11) is 2.18. The van der Waals surface area contributed by atoms with Crippen molar-refractivity contribution in [2.75, 3.05) is 7.05 Å². The van der Waals surface area contributed by atoms with Gasteiger partial charge in [0.05, 0.1) is 17.8 Å². The van der Waals surface area contributed by atoms with Crippen molar-refractivity contribution in [3.63, 3.8) is 0 Å². The second-order valence-corrected chi connectivity index (χ2v) is 16.0. The second kappa shape index (κ2) is 8.68. The highest BCUT2D eigenvalue weighted by molar-refractivity contribution is 5.66. The first-order chi connectivity index (χ1) is 17.7. The van der Waals surface area contributed by atoms with Crippen molar-refractivity contribution in [2.45, 2.75) is 143 Å². The van der Waals surface area contributed by atoms with Gasteiger partial charge in [-0.1, -0.05) is 34.1 Å². The van der Waals surface area contributed by atoms with E-state index in [1.54, 1.807) is 13.8 Å². The Morgan fingerprint density at radius 3 is 2.37 bits per heavy atom. The fourth-order valence-corrected chi connectivity index (χ4v) is 12.9. The van der Waals surface area contributed by atoms with Crippen molar-refractivity contribution in [1.29, 1.82) is 0 Å². The molecule has 6 fully saturated rings. The average molecular weight is 530 g/mol. The lowest BCUT2D eigenvalue weighted by molar-refractivity contribution is -0.199. The van der Waals surface area contributed by atoms with Crippen LogP contribution in [-0.2, 0) is 14.3 Å². The lowest BCUT2D eigenvalue weighted by atomic mass is 9.49. The van der Waals surface area contributed by atoms with E-state index in [9.17, 15) is 9.90 Å². The molecular formula is C33H55NO4. The Labute approximate surface area is 231 Å². The number of fused-ring (bicyclic) bond motifs is 4. The summed E-state index contributed by atoms with van der Waals surface area (Å²) >= 11 is 0. The molecule has 216 valence electrons. The molecule has 5 nitrogen and oxygen atoms in total. The van der Waals surface area contributed by atoms with Crippen molar-refractivity contribution < 1.29 is 19.4 Å². The van der Waals surface area contributed by atoms with Crippen LogP contribution in [0.1, 0.15) is 113 Å². The summed E-state index contributed by atoms with van der Waals surface area (Å²) in [6.45, 7) is 15.3. The van der Waals surface area contributed by atoms with Crippen LogP contribution in [0, 0.1) is 51.2 Å². The quantitative estimate of drug-likeness (QED) is 0.430. The number of aliphatic hydroxyl groups is 1. The van der Waals surface area contributed by atoms with E-state index in [-0.39, 0.29) is 18.2 Å². The van der Waals surface area contributed by atoms with Crippen molar-refractivity contribution in [3.8, 4) is 0 Å². The first-order valence-corrected chi connectivity index (χ1v) is 16.0. The van der Waals surface area contributed by atoms with Crippen LogP contribution in [0.2, 0.25) is 0 Å². The smallest absolute Gasteiger partial charge is 0.303 e. The van der Waals surface area contributed by atoms with Crippen molar-refractivity contribution in [2.24, 2.45) is 51.2 Å². The lowest BCUT2D eigenvalue weighted by Gasteiger charge is -2.56. The van der Waals surface area contributed by atoms with Crippen LogP contribution in [0.4, 0.5) is 0 Å². The van der Waals surface area contributed by atoms with E-state index >= 15 is 0 Å². The minimum Gasteiger partial charge on any atom is -0.457 e. The van der Waals surface area contributed by atoms with Crippen LogP contribution >= 0.6 is 0 Å². The van der Waals surface area contributed by atoms with E-state index < -0.39 is 11.7 Å². The third-order valence-corrected chi connectivity index (χ3v) is 14.2. The van der Waals surface area contributed by atoms with Crippen LogP contribution in [-0.4, -0.2) is 48.1 Å². The summed E-state index contributed by atoms with van der Waals surface area (Å²) < 4.78 is 12.5. The average Bonchev–Trinajstić information content (AvgIpc) is 3.27. The van der Waals surface area contributed by atoms with Gasteiger partial charge in [-0.3, -0.25) is 4.79 Å². The maximum Gasteiger partial charge on any atom is 0.303 e. The Morgan fingerprint density at radius 1 is 1.00 bits per heavy atom. The zero-order chi connectivity index (χ0) is 27.5. The number of hydrogen-bond acceptors (Lipinski definition) is 5. The van der Waals surface area contributed by atoms with Gasteiger partial charge in [-0.2, -0.15) is 0 Å². The van der Waals surface area contributed by atoms with Crippen LogP contribution in [0.25, 0.3) is 0 Å². The fourth-order valence-electron chi connectivity index (χ4n) is 12.9. The van der Waals surface area contributed by atoms with E-state index in [1.807, 2.05) is 0 Å². The molecule has 0 aromatic heterocycles. The molecule has 5 aliphatic carbocycles. The molecule has 12 atom stereocenters. The van der Waals surface area contributed by atoms with Crippen LogP contribution in [0.5, 0.6) is 0 Å². The number of hydrogen-bond donors (Lipinski definition) is 2. The summed E-state index contributed by atoms with van der Waals surface area (Å²) in [4.78, 5) is 11.9. The Morgan fingerprint density at radius 2 is 1.71 bits per heavy atom. The van der Waals surface area contributed by atoms with Gasteiger partial charge < -0.3 is 19.9 Å². The summed E-state index contributed by atoms with van der Waals surface area (Å²) in [5.74, 6) is 3.45. The largest absolute Gasteiger partial charge is 0.457 e. The highest BCUT2D eigenvalue weighted by Crippen LogP contribution is 2.88. The summed E-state index contributed by atoms with van der Waals surface area (Å²) in [6, 6.07) is 0.635. The fraction of sp³-hybridized carbons (Fsp3) is 0.970. The van der Waals surface area contributed by atoms with Crippen molar-refractivity contribution in [3.05, 3.63) is 0 Å². The Bertz CT molecular complexity index is 957.